The Morgan fingerprint density at radius 1 is 1.05 bits per heavy atom. The predicted octanol–water partition coefficient (Wildman–Crippen LogP) is 3.10. The van der Waals surface area contributed by atoms with Crippen LogP contribution in [-0.4, -0.2) is 19.1 Å². The first-order valence-electron chi connectivity index (χ1n) is 5.62. The molecule has 0 N–H and O–H groups in total. The fourth-order valence-corrected chi connectivity index (χ4v) is 2.00. The van der Waals surface area contributed by atoms with Gasteiger partial charge in [0.25, 0.3) is 0 Å². The lowest BCUT2D eigenvalue weighted by Gasteiger charge is -2.10. The van der Waals surface area contributed by atoms with Crippen molar-refractivity contribution in [2.45, 2.75) is 0 Å². The Balaban J connectivity index is 2.73. The molecule has 0 aliphatic heterocycles. The van der Waals surface area contributed by atoms with Gasteiger partial charge in [-0.25, -0.2) is 0 Å². The van der Waals surface area contributed by atoms with Gasteiger partial charge in [-0.2, -0.15) is 0 Å². The number of fused-ring (bicyclic) bond motifs is 1. The molecule has 2 aromatic carbocycles. The molecule has 5 nitrogen and oxygen atoms in total. The van der Waals surface area contributed by atoms with Crippen molar-refractivity contribution in [3.8, 4) is 11.5 Å². The van der Waals surface area contributed by atoms with Gasteiger partial charge in [-0.1, -0.05) is 12.1 Å². The molecule has 0 spiro atoms. The van der Waals surface area contributed by atoms with Crippen LogP contribution in [0.2, 0.25) is 0 Å². The van der Waals surface area contributed by atoms with E-state index in [2.05, 4.69) is 0 Å². The number of nitro groups is 1. The van der Waals surface area contributed by atoms with Crippen LogP contribution in [0.1, 0.15) is 5.56 Å². The highest BCUT2D eigenvalue weighted by Gasteiger charge is 2.09. The molecular formula is C14H13NO4. The number of methoxy groups -OCH3 is 2. The number of hydrogen-bond acceptors (Lipinski definition) is 4. The summed E-state index contributed by atoms with van der Waals surface area (Å²) in [6.45, 7) is 0. The molecule has 2 rings (SSSR count). The van der Waals surface area contributed by atoms with Crippen LogP contribution < -0.4 is 9.47 Å². The first-order chi connectivity index (χ1) is 9.17. The first kappa shape index (κ1) is 12.9. The molecule has 0 unspecified atom stereocenters. The summed E-state index contributed by atoms with van der Waals surface area (Å²) in [5, 5.41) is 12.2. The van der Waals surface area contributed by atoms with Crippen molar-refractivity contribution < 1.29 is 14.4 Å². The molecule has 5 heteroatoms. The second-order valence-electron chi connectivity index (χ2n) is 3.84. The minimum Gasteiger partial charge on any atom is -0.496 e. The highest BCUT2D eigenvalue weighted by Crippen LogP contribution is 2.34. The molecule has 0 aromatic heterocycles. The van der Waals surface area contributed by atoms with Crippen molar-refractivity contribution in [1.29, 1.82) is 0 Å². The second kappa shape index (κ2) is 5.39. The highest BCUT2D eigenvalue weighted by molar-refractivity contribution is 5.96. The van der Waals surface area contributed by atoms with Crippen LogP contribution in [0.5, 0.6) is 11.5 Å². The molecule has 0 heterocycles. The van der Waals surface area contributed by atoms with E-state index in [0.29, 0.717) is 11.3 Å². The zero-order valence-corrected chi connectivity index (χ0v) is 10.6. The van der Waals surface area contributed by atoms with E-state index in [1.807, 2.05) is 24.3 Å². The van der Waals surface area contributed by atoms with Gasteiger partial charge in [0.15, 0.2) is 0 Å². The maximum absolute atomic E-state index is 10.5. The summed E-state index contributed by atoms with van der Waals surface area (Å²) in [6.07, 6.45) is 2.33. The Bertz CT molecular complexity index is 649. The van der Waals surface area contributed by atoms with Crippen molar-refractivity contribution in [2.75, 3.05) is 14.2 Å². The van der Waals surface area contributed by atoms with E-state index in [-0.39, 0.29) is 0 Å². The lowest BCUT2D eigenvalue weighted by Crippen LogP contribution is -1.92. The predicted molar refractivity (Wildman–Crippen MR) is 73.1 cm³/mol. The maximum atomic E-state index is 10.5. The summed E-state index contributed by atoms with van der Waals surface area (Å²) in [6, 6.07) is 9.20. The molecule has 0 aliphatic carbocycles. The molecule has 0 fully saturated rings. The molecule has 0 amide bonds. The molecule has 0 saturated carbocycles. The Kier molecular flexibility index (Phi) is 3.66. The lowest BCUT2D eigenvalue weighted by atomic mass is 10.0. The van der Waals surface area contributed by atoms with E-state index < -0.39 is 4.92 Å². The van der Waals surface area contributed by atoms with E-state index in [0.717, 1.165) is 22.7 Å². The quantitative estimate of drug-likeness (QED) is 0.625. The third-order valence-electron chi connectivity index (χ3n) is 2.83. The van der Waals surface area contributed by atoms with Crippen molar-refractivity contribution in [3.63, 3.8) is 0 Å². The van der Waals surface area contributed by atoms with E-state index in [1.54, 1.807) is 13.2 Å². The Labute approximate surface area is 110 Å². The second-order valence-corrected chi connectivity index (χ2v) is 3.84. The molecule has 2 aromatic rings. The minimum absolute atomic E-state index is 0.502. The zero-order valence-electron chi connectivity index (χ0n) is 10.6. The fraction of sp³-hybridized carbons (Fsp3) is 0.143. The summed E-state index contributed by atoms with van der Waals surface area (Å²) in [4.78, 5) is 9.98. The average molecular weight is 259 g/mol. The van der Waals surface area contributed by atoms with Gasteiger partial charge in [0.05, 0.1) is 19.1 Å². The van der Waals surface area contributed by atoms with Crippen LogP contribution in [-0.2, 0) is 0 Å². The molecule has 0 bridgehead atoms. The van der Waals surface area contributed by atoms with Gasteiger partial charge in [-0.3, -0.25) is 10.1 Å². The standard InChI is InChI=1S/C14H13NO4/c1-18-13-5-3-4-10-11(13)6-7-14(19-2)12(10)8-9-15(16)17/h3-9H,1-2H3. The third-order valence-corrected chi connectivity index (χ3v) is 2.83. The number of hydrogen-bond donors (Lipinski definition) is 0. The van der Waals surface area contributed by atoms with Crippen molar-refractivity contribution in [3.05, 3.63) is 52.2 Å². The van der Waals surface area contributed by atoms with E-state index in [9.17, 15) is 10.1 Å². The topological polar surface area (TPSA) is 61.6 Å². The molecule has 0 atom stereocenters. The van der Waals surface area contributed by atoms with Crippen LogP contribution in [0, 0.1) is 10.1 Å². The van der Waals surface area contributed by atoms with Crippen molar-refractivity contribution >= 4 is 16.8 Å². The summed E-state index contributed by atoms with van der Waals surface area (Å²) < 4.78 is 10.5. The van der Waals surface area contributed by atoms with Crippen LogP contribution in [0.15, 0.2) is 36.5 Å². The van der Waals surface area contributed by atoms with E-state index in [1.165, 1.54) is 13.2 Å². The maximum Gasteiger partial charge on any atom is 0.235 e. The molecule has 0 aliphatic rings. The number of ether oxygens (including phenoxy) is 2. The minimum atomic E-state index is -0.502. The van der Waals surface area contributed by atoms with E-state index in [4.69, 9.17) is 9.47 Å². The van der Waals surface area contributed by atoms with Crippen molar-refractivity contribution in [1.82, 2.24) is 0 Å². The number of nitrogens with zero attached hydrogens (tertiary/aromatic N) is 1. The smallest absolute Gasteiger partial charge is 0.235 e. The Hall–Kier alpha value is -2.56. The van der Waals surface area contributed by atoms with Crippen LogP contribution >= 0.6 is 0 Å². The molecule has 98 valence electrons. The molecule has 0 radical (unpaired) electrons. The first-order valence-corrected chi connectivity index (χ1v) is 5.62. The molecular weight excluding hydrogens is 246 g/mol. The van der Waals surface area contributed by atoms with Gasteiger partial charge in [0.1, 0.15) is 11.5 Å². The van der Waals surface area contributed by atoms with Crippen LogP contribution in [0.25, 0.3) is 16.8 Å². The monoisotopic (exact) mass is 259 g/mol. The molecule has 0 saturated heterocycles. The summed E-state index contributed by atoms with van der Waals surface area (Å²) in [5.74, 6) is 1.30. The van der Waals surface area contributed by atoms with Gasteiger partial charge in [-0.15, -0.1) is 0 Å². The van der Waals surface area contributed by atoms with E-state index >= 15 is 0 Å². The van der Waals surface area contributed by atoms with Gasteiger partial charge in [0.2, 0.25) is 6.20 Å². The van der Waals surface area contributed by atoms with Crippen LogP contribution in [0.4, 0.5) is 0 Å². The number of benzene rings is 2. The van der Waals surface area contributed by atoms with Gasteiger partial charge >= 0.3 is 0 Å². The SMILES string of the molecule is COc1ccc2c(OC)cccc2c1C=C[N+](=O)[O-]. The highest BCUT2D eigenvalue weighted by atomic mass is 16.6. The zero-order chi connectivity index (χ0) is 13.8. The lowest BCUT2D eigenvalue weighted by molar-refractivity contribution is -0.400. The fourth-order valence-electron chi connectivity index (χ4n) is 2.00. The largest absolute Gasteiger partial charge is 0.496 e. The summed E-state index contributed by atoms with van der Waals surface area (Å²) in [7, 11) is 3.12. The van der Waals surface area contributed by atoms with Crippen molar-refractivity contribution in [2.24, 2.45) is 0 Å². The van der Waals surface area contributed by atoms with Gasteiger partial charge in [-0.05, 0) is 23.6 Å². The normalized spacial score (nSPS) is 10.8. The molecule has 19 heavy (non-hydrogen) atoms. The van der Waals surface area contributed by atoms with Crippen LogP contribution in [0.3, 0.4) is 0 Å². The Morgan fingerprint density at radius 3 is 2.42 bits per heavy atom. The average Bonchev–Trinajstić information content (AvgIpc) is 2.43. The Morgan fingerprint density at radius 2 is 1.79 bits per heavy atom. The summed E-state index contributed by atoms with van der Waals surface area (Å²) >= 11 is 0. The third kappa shape index (κ3) is 2.49. The summed E-state index contributed by atoms with van der Waals surface area (Å²) in [5.41, 5.74) is 0.663. The van der Waals surface area contributed by atoms with Gasteiger partial charge < -0.3 is 9.47 Å². The number of rotatable bonds is 4. The van der Waals surface area contributed by atoms with Gasteiger partial charge in [0, 0.05) is 17.0 Å².